The van der Waals surface area contributed by atoms with Gasteiger partial charge in [0.1, 0.15) is 0 Å². The number of benzene rings is 2. The van der Waals surface area contributed by atoms with Gasteiger partial charge in [-0.15, -0.1) is 0 Å². The first-order valence-electron chi connectivity index (χ1n) is 8.51. The maximum Gasteiger partial charge on any atom is 0.416 e. The van der Waals surface area contributed by atoms with Crippen molar-refractivity contribution in [3.8, 4) is 0 Å². The summed E-state index contributed by atoms with van der Waals surface area (Å²) in [5, 5.41) is 0. The van der Waals surface area contributed by atoms with Crippen LogP contribution in [0.5, 0.6) is 0 Å². The summed E-state index contributed by atoms with van der Waals surface area (Å²) in [4.78, 5) is 13.8. The van der Waals surface area contributed by atoms with Crippen LogP contribution in [-0.2, 0) is 27.0 Å². The fourth-order valence-corrected chi connectivity index (χ4v) is 4.87. The zero-order valence-corrected chi connectivity index (χ0v) is 16.6. The van der Waals surface area contributed by atoms with E-state index in [-0.39, 0.29) is 22.1 Å². The van der Waals surface area contributed by atoms with Gasteiger partial charge >= 0.3 is 6.18 Å². The van der Waals surface area contributed by atoms with Gasteiger partial charge in [-0.25, -0.2) is 8.42 Å². The van der Waals surface area contributed by atoms with E-state index in [1.165, 1.54) is 30.3 Å². The van der Waals surface area contributed by atoms with Gasteiger partial charge in [0, 0.05) is 46.6 Å². The van der Waals surface area contributed by atoms with Gasteiger partial charge in [0.05, 0.1) is 10.5 Å². The van der Waals surface area contributed by atoms with Gasteiger partial charge < -0.3 is 4.90 Å². The number of rotatable bonds is 4. The van der Waals surface area contributed by atoms with Crippen molar-refractivity contribution in [3.05, 3.63) is 59.7 Å². The second kappa shape index (κ2) is 8.15. The summed E-state index contributed by atoms with van der Waals surface area (Å²) >= 11 is 0. The molecule has 156 valence electrons. The standard InChI is InChI=1S/C18H17F3N2O4S2/c19-18(20,21)14-2-1-3-15(12-14)22-29(26,27)16-6-4-13(5-7-16)17(24)23-8-10-28(25)11-9-23/h1-7,12,22H,8-11H2. The average Bonchev–Trinajstić information content (AvgIpc) is 2.67. The molecule has 3 rings (SSSR count). The lowest BCUT2D eigenvalue weighted by molar-refractivity contribution is -0.137. The normalized spacial score (nSPS) is 15.9. The van der Waals surface area contributed by atoms with E-state index in [4.69, 9.17) is 0 Å². The highest BCUT2D eigenvalue weighted by Crippen LogP contribution is 2.31. The first kappa shape index (κ1) is 21.3. The fourth-order valence-electron chi connectivity index (χ4n) is 2.77. The van der Waals surface area contributed by atoms with Crippen molar-refractivity contribution in [3.63, 3.8) is 0 Å². The SMILES string of the molecule is O=C(c1ccc(S(=O)(=O)Nc2cccc(C(F)(F)F)c2)cc1)N1CCS(=O)CC1. The molecule has 0 aliphatic carbocycles. The monoisotopic (exact) mass is 446 g/mol. The van der Waals surface area contributed by atoms with Crippen molar-refractivity contribution < 1.29 is 30.6 Å². The van der Waals surface area contributed by atoms with Crippen LogP contribution in [0.25, 0.3) is 0 Å². The minimum atomic E-state index is -4.59. The van der Waals surface area contributed by atoms with Gasteiger partial charge in [-0.3, -0.25) is 13.7 Å². The third-order valence-electron chi connectivity index (χ3n) is 4.32. The summed E-state index contributed by atoms with van der Waals surface area (Å²) in [7, 11) is -5.06. The number of hydrogen-bond acceptors (Lipinski definition) is 4. The highest BCUT2D eigenvalue weighted by atomic mass is 32.2. The Bertz CT molecular complexity index is 1030. The van der Waals surface area contributed by atoms with E-state index in [9.17, 15) is 30.6 Å². The van der Waals surface area contributed by atoms with Gasteiger partial charge in [-0.1, -0.05) is 6.07 Å². The summed E-state index contributed by atoms with van der Waals surface area (Å²) in [6.45, 7) is 0.727. The molecule has 29 heavy (non-hydrogen) atoms. The Morgan fingerprint density at radius 3 is 2.24 bits per heavy atom. The van der Waals surface area contributed by atoms with Gasteiger partial charge in [-0.05, 0) is 42.5 Å². The summed E-state index contributed by atoms with van der Waals surface area (Å²) < 4.78 is 76.8. The summed E-state index contributed by atoms with van der Waals surface area (Å²) in [6, 6.07) is 8.98. The zero-order chi connectivity index (χ0) is 21.2. The molecule has 0 aromatic heterocycles. The Balaban J connectivity index is 1.75. The Morgan fingerprint density at radius 1 is 1.03 bits per heavy atom. The molecule has 0 spiro atoms. The largest absolute Gasteiger partial charge is 0.416 e. The van der Waals surface area contributed by atoms with Crippen LogP contribution in [0.15, 0.2) is 53.4 Å². The Morgan fingerprint density at radius 2 is 1.66 bits per heavy atom. The van der Waals surface area contributed by atoms with Crippen LogP contribution < -0.4 is 4.72 Å². The number of halogens is 3. The molecule has 1 aliphatic heterocycles. The Labute approximate surface area is 168 Å². The first-order chi connectivity index (χ1) is 13.6. The minimum absolute atomic E-state index is 0.189. The molecule has 1 amide bonds. The van der Waals surface area contributed by atoms with Crippen molar-refractivity contribution in [2.75, 3.05) is 29.3 Å². The lowest BCUT2D eigenvalue weighted by Crippen LogP contribution is -2.41. The molecule has 0 atom stereocenters. The molecule has 1 heterocycles. The molecule has 1 N–H and O–H groups in total. The maximum atomic E-state index is 12.8. The summed E-state index contributed by atoms with van der Waals surface area (Å²) in [5.74, 6) is 0.509. The van der Waals surface area contributed by atoms with E-state index in [0.717, 1.165) is 12.1 Å². The first-order valence-corrected chi connectivity index (χ1v) is 11.5. The topological polar surface area (TPSA) is 83.6 Å². The number of hydrogen-bond donors (Lipinski definition) is 1. The predicted octanol–water partition coefficient (Wildman–Crippen LogP) is 2.71. The Kier molecular flexibility index (Phi) is 5.99. The molecule has 1 aliphatic rings. The van der Waals surface area contributed by atoms with Crippen molar-refractivity contribution in [2.24, 2.45) is 0 Å². The third-order valence-corrected chi connectivity index (χ3v) is 6.99. The molecular weight excluding hydrogens is 429 g/mol. The molecule has 2 aromatic rings. The average molecular weight is 446 g/mol. The van der Waals surface area contributed by atoms with E-state index in [2.05, 4.69) is 4.72 Å². The van der Waals surface area contributed by atoms with Gasteiger partial charge in [0.2, 0.25) is 0 Å². The van der Waals surface area contributed by atoms with E-state index in [1.54, 1.807) is 4.90 Å². The van der Waals surface area contributed by atoms with Crippen molar-refractivity contribution in [2.45, 2.75) is 11.1 Å². The quantitative estimate of drug-likeness (QED) is 0.783. The lowest BCUT2D eigenvalue weighted by atomic mass is 10.2. The molecule has 2 aromatic carbocycles. The number of carbonyl (C=O) groups is 1. The van der Waals surface area contributed by atoms with Crippen LogP contribution in [-0.4, -0.2) is 48.0 Å². The van der Waals surface area contributed by atoms with Crippen molar-refractivity contribution in [1.29, 1.82) is 0 Å². The lowest BCUT2D eigenvalue weighted by Gasteiger charge is -2.26. The van der Waals surface area contributed by atoms with E-state index < -0.39 is 32.6 Å². The number of alkyl halides is 3. The third kappa shape index (κ3) is 5.15. The van der Waals surface area contributed by atoms with Crippen LogP contribution in [0.2, 0.25) is 0 Å². The molecule has 11 heteroatoms. The van der Waals surface area contributed by atoms with Crippen molar-refractivity contribution in [1.82, 2.24) is 4.90 Å². The number of carbonyl (C=O) groups excluding carboxylic acids is 1. The molecule has 1 fully saturated rings. The van der Waals surface area contributed by atoms with Gasteiger partial charge in [-0.2, -0.15) is 13.2 Å². The van der Waals surface area contributed by atoms with Crippen LogP contribution >= 0.6 is 0 Å². The second-order valence-corrected chi connectivity index (χ2v) is 9.73. The Hall–Kier alpha value is -2.40. The second-order valence-electron chi connectivity index (χ2n) is 6.35. The number of anilines is 1. The number of nitrogens with zero attached hydrogens (tertiary/aromatic N) is 1. The molecule has 0 unspecified atom stereocenters. The number of sulfonamides is 1. The van der Waals surface area contributed by atoms with Crippen LogP contribution in [0.3, 0.4) is 0 Å². The molecule has 0 bridgehead atoms. The fraction of sp³-hybridized carbons (Fsp3) is 0.278. The van der Waals surface area contributed by atoms with Crippen LogP contribution in [0.4, 0.5) is 18.9 Å². The van der Waals surface area contributed by atoms with Crippen molar-refractivity contribution >= 4 is 32.4 Å². The smallest absolute Gasteiger partial charge is 0.337 e. The number of nitrogens with one attached hydrogen (secondary N) is 1. The molecule has 0 saturated carbocycles. The molecular formula is C18H17F3N2O4S2. The summed E-state index contributed by atoms with van der Waals surface area (Å²) in [5.41, 5.74) is -0.918. The predicted molar refractivity (Wildman–Crippen MR) is 102 cm³/mol. The minimum Gasteiger partial charge on any atom is -0.337 e. The number of amides is 1. The zero-order valence-electron chi connectivity index (χ0n) is 15.0. The highest BCUT2D eigenvalue weighted by Gasteiger charge is 2.30. The van der Waals surface area contributed by atoms with Crippen LogP contribution in [0.1, 0.15) is 15.9 Å². The van der Waals surface area contributed by atoms with Gasteiger partial charge in [0.25, 0.3) is 15.9 Å². The van der Waals surface area contributed by atoms with Crippen LogP contribution in [0, 0.1) is 0 Å². The van der Waals surface area contributed by atoms with E-state index >= 15 is 0 Å². The maximum absolute atomic E-state index is 12.8. The molecule has 1 saturated heterocycles. The van der Waals surface area contributed by atoms with E-state index in [0.29, 0.717) is 30.7 Å². The van der Waals surface area contributed by atoms with Gasteiger partial charge in [0.15, 0.2) is 0 Å². The summed E-state index contributed by atoms with van der Waals surface area (Å²) in [6.07, 6.45) is -4.59. The highest BCUT2D eigenvalue weighted by molar-refractivity contribution is 7.92. The molecule has 0 radical (unpaired) electrons. The van der Waals surface area contributed by atoms with E-state index in [1.807, 2.05) is 0 Å². The molecule has 6 nitrogen and oxygen atoms in total.